The van der Waals surface area contributed by atoms with Crippen LogP contribution in [0.4, 0.5) is 0 Å². The number of H-pyrrole nitrogens is 1. The fourth-order valence-corrected chi connectivity index (χ4v) is 5.02. The highest BCUT2D eigenvalue weighted by molar-refractivity contribution is 7.99. The van der Waals surface area contributed by atoms with E-state index in [0.717, 1.165) is 32.6 Å². The number of carbonyl (C=O) groups is 1. The molecule has 0 aliphatic heterocycles. The number of benzene rings is 3. The van der Waals surface area contributed by atoms with E-state index in [4.69, 9.17) is 25.8 Å². The van der Waals surface area contributed by atoms with E-state index in [1.165, 1.54) is 6.08 Å². The van der Waals surface area contributed by atoms with Gasteiger partial charge in [0.15, 0.2) is 11.5 Å². The number of fused-ring (bicyclic) bond motifs is 1. The van der Waals surface area contributed by atoms with Crippen LogP contribution in [0.2, 0.25) is 5.02 Å². The van der Waals surface area contributed by atoms with Crippen molar-refractivity contribution >= 4 is 46.2 Å². The molecule has 0 aliphatic carbocycles. The van der Waals surface area contributed by atoms with Crippen LogP contribution in [-0.2, 0) is 4.79 Å². The van der Waals surface area contributed by atoms with E-state index in [9.17, 15) is 4.79 Å². The highest BCUT2D eigenvalue weighted by Crippen LogP contribution is 2.39. The minimum Gasteiger partial charge on any atom is -0.493 e. The smallest absolute Gasteiger partial charge is 0.244 e. The molecule has 4 rings (SSSR count). The number of halogens is 1. The molecule has 0 unspecified atom stereocenters. The van der Waals surface area contributed by atoms with Gasteiger partial charge in [0.1, 0.15) is 0 Å². The third-order valence-corrected chi connectivity index (χ3v) is 6.93. The Hall–Kier alpha value is -3.55. The van der Waals surface area contributed by atoms with Crippen LogP contribution in [0.25, 0.3) is 28.2 Å². The van der Waals surface area contributed by atoms with Crippen molar-refractivity contribution in [3.05, 3.63) is 77.3 Å². The van der Waals surface area contributed by atoms with Gasteiger partial charge in [0, 0.05) is 39.2 Å². The summed E-state index contributed by atoms with van der Waals surface area (Å²) in [6.07, 6.45) is 3.21. The SMILES string of the molecule is COc1cc(/C=C/C(=O)NCCSc2c(-c3ccc(Cl)cc3)[nH]c3ccccc23)cc(OC)c1OC. The maximum Gasteiger partial charge on any atom is 0.244 e. The Labute approximate surface area is 219 Å². The van der Waals surface area contributed by atoms with Crippen molar-refractivity contribution in [1.29, 1.82) is 0 Å². The number of amides is 1. The van der Waals surface area contributed by atoms with Crippen molar-refractivity contribution in [2.45, 2.75) is 4.90 Å². The predicted molar refractivity (Wildman–Crippen MR) is 148 cm³/mol. The summed E-state index contributed by atoms with van der Waals surface area (Å²) in [5, 5.41) is 4.80. The topological polar surface area (TPSA) is 72.6 Å². The molecule has 2 N–H and O–H groups in total. The van der Waals surface area contributed by atoms with E-state index >= 15 is 0 Å². The van der Waals surface area contributed by atoms with Gasteiger partial charge in [0.25, 0.3) is 0 Å². The Balaban J connectivity index is 1.40. The van der Waals surface area contributed by atoms with Crippen LogP contribution in [0, 0.1) is 0 Å². The molecule has 0 spiro atoms. The van der Waals surface area contributed by atoms with Crippen LogP contribution < -0.4 is 19.5 Å². The number of nitrogens with one attached hydrogen (secondary N) is 2. The lowest BCUT2D eigenvalue weighted by molar-refractivity contribution is -0.116. The molecule has 3 aromatic carbocycles. The van der Waals surface area contributed by atoms with Gasteiger partial charge in [-0.1, -0.05) is 41.9 Å². The molecular formula is C28H27ClN2O4S. The summed E-state index contributed by atoms with van der Waals surface area (Å²) >= 11 is 7.78. The van der Waals surface area contributed by atoms with E-state index in [0.29, 0.717) is 34.6 Å². The average Bonchev–Trinajstić information content (AvgIpc) is 3.28. The number of carbonyl (C=O) groups excluding carboxylic acids is 1. The first-order valence-electron chi connectivity index (χ1n) is 11.3. The van der Waals surface area contributed by atoms with Gasteiger partial charge in [-0.2, -0.15) is 0 Å². The van der Waals surface area contributed by atoms with Gasteiger partial charge >= 0.3 is 0 Å². The van der Waals surface area contributed by atoms with Crippen LogP contribution in [0.3, 0.4) is 0 Å². The maximum atomic E-state index is 12.4. The van der Waals surface area contributed by atoms with Crippen molar-refractivity contribution in [3.63, 3.8) is 0 Å². The summed E-state index contributed by atoms with van der Waals surface area (Å²) in [6, 6.07) is 19.6. The van der Waals surface area contributed by atoms with Crippen LogP contribution in [0.1, 0.15) is 5.56 Å². The molecule has 6 nitrogen and oxygen atoms in total. The molecule has 0 aliphatic rings. The fraction of sp³-hybridized carbons (Fsp3) is 0.179. The largest absolute Gasteiger partial charge is 0.493 e. The molecule has 36 heavy (non-hydrogen) atoms. The second kappa shape index (κ2) is 11.9. The second-order valence-corrected chi connectivity index (χ2v) is 9.35. The quantitative estimate of drug-likeness (QED) is 0.142. The van der Waals surface area contributed by atoms with Gasteiger partial charge in [-0.3, -0.25) is 4.79 Å². The van der Waals surface area contributed by atoms with Gasteiger partial charge in [-0.25, -0.2) is 0 Å². The molecule has 0 saturated carbocycles. The zero-order valence-corrected chi connectivity index (χ0v) is 21.8. The first-order valence-corrected chi connectivity index (χ1v) is 12.7. The normalized spacial score (nSPS) is 11.1. The number of aromatic amines is 1. The number of para-hydroxylation sites is 1. The standard InChI is InChI=1S/C28H27ClN2O4S/c1-33-23-16-18(17-24(34-2)27(23)35-3)8-13-25(32)30-14-15-36-28-21-6-4-5-7-22(21)31-26(28)19-9-11-20(29)12-10-19/h4-13,16-17,31H,14-15H2,1-3H3,(H,30,32)/b13-8+. The van der Waals surface area contributed by atoms with Gasteiger partial charge in [-0.05, 0) is 47.5 Å². The number of methoxy groups -OCH3 is 3. The molecule has 1 aromatic heterocycles. The first kappa shape index (κ1) is 25.5. The van der Waals surface area contributed by atoms with Crippen LogP contribution in [0.5, 0.6) is 17.2 Å². The molecule has 0 fully saturated rings. The number of thioether (sulfide) groups is 1. The van der Waals surface area contributed by atoms with E-state index in [1.807, 2.05) is 36.4 Å². The highest BCUT2D eigenvalue weighted by atomic mass is 35.5. The summed E-state index contributed by atoms with van der Waals surface area (Å²) in [6.45, 7) is 0.517. The van der Waals surface area contributed by atoms with E-state index in [2.05, 4.69) is 22.4 Å². The maximum absolute atomic E-state index is 12.4. The molecule has 4 aromatic rings. The van der Waals surface area contributed by atoms with Crippen molar-refractivity contribution in [2.24, 2.45) is 0 Å². The van der Waals surface area contributed by atoms with Gasteiger partial charge < -0.3 is 24.5 Å². The monoisotopic (exact) mass is 522 g/mol. The Kier molecular flexibility index (Phi) is 8.46. The lowest BCUT2D eigenvalue weighted by Crippen LogP contribution is -2.23. The number of rotatable bonds is 10. The predicted octanol–water partition coefficient (Wildman–Crippen LogP) is 6.44. The lowest BCUT2D eigenvalue weighted by atomic mass is 10.1. The molecule has 1 heterocycles. The van der Waals surface area contributed by atoms with E-state index < -0.39 is 0 Å². The molecule has 8 heteroatoms. The molecule has 0 atom stereocenters. The van der Waals surface area contributed by atoms with Gasteiger partial charge in [-0.15, -0.1) is 11.8 Å². The first-order chi connectivity index (χ1) is 17.5. The minimum absolute atomic E-state index is 0.179. The number of ether oxygens (including phenoxy) is 3. The van der Waals surface area contributed by atoms with Crippen molar-refractivity contribution < 1.29 is 19.0 Å². The van der Waals surface area contributed by atoms with Crippen LogP contribution in [0.15, 0.2) is 71.6 Å². The highest BCUT2D eigenvalue weighted by Gasteiger charge is 2.14. The van der Waals surface area contributed by atoms with E-state index in [-0.39, 0.29) is 5.91 Å². The summed E-state index contributed by atoms with van der Waals surface area (Å²) in [4.78, 5) is 17.1. The third kappa shape index (κ3) is 5.80. The molecule has 186 valence electrons. The third-order valence-electron chi connectivity index (χ3n) is 5.55. The molecular weight excluding hydrogens is 496 g/mol. The van der Waals surface area contributed by atoms with Crippen molar-refractivity contribution in [3.8, 4) is 28.5 Å². The summed E-state index contributed by atoms with van der Waals surface area (Å²) in [7, 11) is 4.67. The Bertz CT molecular complexity index is 1360. The van der Waals surface area contributed by atoms with E-state index in [1.54, 1.807) is 51.3 Å². The van der Waals surface area contributed by atoms with Gasteiger partial charge in [0.05, 0.1) is 27.0 Å². The number of aromatic nitrogens is 1. The summed E-state index contributed by atoms with van der Waals surface area (Å²) < 4.78 is 16.1. The summed E-state index contributed by atoms with van der Waals surface area (Å²) in [5.41, 5.74) is 3.95. The Morgan fingerprint density at radius 1 is 1.00 bits per heavy atom. The lowest BCUT2D eigenvalue weighted by Gasteiger charge is -2.12. The minimum atomic E-state index is -0.179. The van der Waals surface area contributed by atoms with Crippen molar-refractivity contribution in [1.82, 2.24) is 10.3 Å². The van der Waals surface area contributed by atoms with Crippen molar-refractivity contribution in [2.75, 3.05) is 33.6 Å². The average molecular weight is 523 g/mol. The Morgan fingerprint density at radius 2 is 1.69 bits per heavy atom. The summed E-state index contributed by atoms with van der Waals surface area (Å²) in [5.74, 6) is 2.11. The van der Waals surface area contributed by atoms with Crippen LogP contribution >= 0.6 is 23.4 Å². The number of hydrogen-bond acceptors (Lipinski definition) is 5. The zero-order valence-electron chi connectivity index (χ0n) is 20.3. The Morgan fingerprint density at radius 3 is 2.36 bits per heavy atom. The molecule has 0 saturated heterocycles. The second-order valence-electron chi connectivity index (χ2n) is 7.81. The number of hydrogen-bond donors (Lipinski definition) is 2. The van der Waals surface area contributed by atoms with Gasteiger partial charge in [0.2, 0.25) is 11.7 Å². The molecule has 1 amide bonds. The van der Waals surface area contributed by atoms with Crippen LogP contribution in [-0.4, -0.2) is 44.5 Å². The zero-order chi connectivity index (χ0) is 25.5. The molecule has 0 radical (unpaired) electrons. The molecule has 0 bridgehead atoms. The fourth-order valence-electron chi connectivity index (χ4n) is 3.84.